The smallest absolute Gasteiger partial charge is 0.225 e. The lowest BCUT2D eigenvalue weighted by Gasteiger charge is -2.39. The van der Waals surface area contributed by atoms with Gasteiger partial charge in [-0.2, -0.15) is 0 Å². The Balaban J connectivity index is 1.50. The van der Waals surface area contributed by atoms with Gasteiger partial charge in [0.2, 0.25) is 11.8 Å². The van der Waals surface area contributed by atoms with Crippen molar-refractivity contribution in [2.45, 2.75) is 45.4 Å². The van der Waals surface area contributed by atoms with E-state index in [0.29, 0.717) is 11.8 Å². The topological polar surface area (TPSA) is 54.9 Å². The number of nitrogens with zero attached hydrogens (tertiary/aromatic N) is 3. The summed E-state index contributed by atoms with van der Waals surface area (Å²) in [4.78, 5) is 21.7. The number of hydrogen-bond donors (Lipinski definition) is 0. The molecule has 1 aromatic heterocycles. The number of ether oxygens (including phenoxy) is 2. The normalized spacial score (nSPS) is 25.8. The number of morpholine rings is 1. The number of hydrogen-bond acceptors (Lipinski definition) is 5. The number of aromatic nitrogens is 1. The van der Waals surface area contributed by atoms with Crippen LogP contribution in [0.15, 0.2) is 18.2 Å². The molecule has 0 radical (unpaired) electrons. The fraction of sp³-hybridized carbons (Fsp3) is 0.684. The Morgan fingerprint density at radius 1 is 1.24 bits per heavy atom. The maximum atomic E-state index is 12.8. The van der Waals surface area contributed by atoms with Crippen molar-refractivity contribution >= 4 is 5.91 Å². The second kappa shape index (κ2) is 8.15. The SMILES string of the molecule is COc1cccc(CN2CCC(C(=O)N3C[C@@H](C)O[C@@H](C)C3)CC2)n1. The molecule has 2 atom stereocenters. The van der Waals surface area contributed by atoms with Crippen LogP contribution in [0.5, 0.6) is 5.88 Å². The van der Waals surface area contributed by atoms with E-state index in [9.17, 15) is 4.79 Å². The zero-order chi connectivity index (χ0) is 17.8. The fourth-order valence-corrected chi connectivity index (χ4v) is 3.84. The molecule has 2 aliphatic heterocycles. The standard InChI is InChI=1S/C19H29N3O3/c1-14-11-22(12-15(2)25-14)19(23)16-7-9-21(10-8-16)13-17-5-4-6-18(20-17)24-3/h4-6,14-16H,7-13H2,1-3H3/t14-,15+. The first-order chi connectivity index (χ1) is 12.0. The molecule has 3 rings (SSSR count). The number of rotatable bonds is 4. The maximum Gasteiger partial charge on any atom is 0.225 e. The number of piperidine rings is 1. The maximum absolute atomic E-state index is 12.8. The van der Waals surface area contributed by atoms with Crippen molar-refractivity contribution in [3.63, 3.8) is 0 Å². The van der Waals surface area contributed by atoms with E-state index in [1.807, 2.05) is 36.9 Å². The van der Waals surface area contributed by atoms with Gasteiger partial charge in [0.25, 0.3) is 0 Å². The lowest BCUT2D eigenvalue weighted by atomic mass is 9.94. The minimum atomic E-state index is 0.131. The number of carbonyl (C=O) groups is 1. The molecule has 1 aromatic rings. The molecular formula is C19H29N3O3. The van der Waals surface area contributed by atoms with E-state index in [1.54, 1.807) is 7.11 Å². The highest BCUT2D eigenvalue weighted by Gasteiger charge is 2.32. The summed E-state index contributed by atoms with van der Waals surface area (Å²) in [5, 5.41) is 0. The van der Waals surface area contributed by atoms with Gasteiger partial charge in [0.15, 0.2) is 0 Å². The first-order valence-corrected chi connectivity index (χ1v) is 9.21. The zero-order valence-corrected chi connectivity index (χ0v) is 15.5. The van der Waals surface area contributed by atoms with Crippen LogP contribution < -0.4 is 4.74 Å². The molecule has 0 unspecified atom stereocenters. The van der Waals surface area contributed by atoms with Crippen LogP contribution in [0.25, 0.3) is 0 Å². The molecule has 2 aliphatic rings. The largest absolute Gasteiger partial charge is 0.481 e. The second-order valence-corrected chi connectivity index (χ2v) is 7.22. The molecule has 25 heavy (non-hydrogen) atoms. The van der Waals surface area contributed by atoms with E-state index in [4.69, 9.17) is 9.47 Å². The third kappa shape index (κ3) is 4.70. The van der Waals surface area contributed by atoms with Crippen molar-refractivity contribution in [1.29, 1.82) is 0 Å². The van der Waals surface area contributed by atoms with Crippen molar-refractivity contribution in [3.8, 4) is 5.88 Å². The van der Waals surface area contributed by atoms with Crippen LogP contribution in [-0.2, 0) is 16.1 Å². The summed E-state index contributed by atoms with van der Waals surface area (Å²) in [7, 11) is 1.64. The molecule has 0 saturated carbocycles. The number of carbonyl (C=O) groups excluding carboxylic acids is 1. The monoisotopic (exact) mass is 347 g/mol. The van der Waals surface area contributed by atoms with E-state index in [0.717, 1.165) is 51.3 Å². The molecule has 0 N–H and O–H groups in total. The van der Waals surface area contributed by atoms with Gasteiger partial charge in [-0.25, -0.2) is 4.98 Å². The summed E-state index contributed by atoms with van der Waals surface area (Å²) < 4.78 is 10.9. The van der Waals surface area contributed by atoms with Crippen LogP contribution in [0, 0.1) is 5.92 Å². The zero-order valence-electron chi connectivity index (χ0n) is 15.5. The van der Waals surface area contributed by atoms with E-state index >= 15 is 0 Å². The summed E-state index contributed by atoms with van der Waals surface area (Å²) in [6, 6.07) is 5.85. The number of methoxy groups -OCH3 is 1. The molecule has 6 heteroatoms. The van der Waals surface area contributed by atoms with Gasteiger partial charge in [-0.05, 0) is 45.8 Å². The predicted molar refractivity (Wildman–Crippen MR) is 95.4 cm³/mol. The van der Waals surface area contributed by atoms with Crippen LogP contribution in [0.2, 0.25) is 0 Å². The Hall–Kier alpha value is -1.66. The van der Waals surface area contributed by atoms with Crippen molar-refractivity contribution in [2.24, 2.45) is 5.92 Å². The van der Waals surface area contributed by atoms with Gasteiger partial charge < -0.3 is 14.4 Å². The molecule has 1 amide bonds. The van der Waals surface area contributed by atoms with E-state index in [1.165, 1.54) is 0 Å². The molecule has 0 aromatic carbocycles. The lowest BCUT2D eigenvalue weighted by Crippen LogP contribution is -2.51. The van der Waals surface area contributed by atoms with Crippen molar-refractivity contribution < 1.29 is 14.3 Å². The van der Waals surface area contributed by atoms with E-state index in [-0.39, 0.29) is 18.1 Å². The third-order valence-corrected chi connectivity index (χ3v) is 5.04. The molecule has 6 nitrogen and oxygen atoms in total. The molecule has 0 aliphatic carbocycles. The van der Waals surface area contributed by atoms with Crippen LogP contribution in [0.3, 0.4) is 0 Å². The summed E-state index contributed by atoms with van der Waals surface area (Å²) in [5.74, 6) is 1.10. The second-order valence-electron chi connectivity index (χ2n) is 7.22. The molecule has 3 heterocycles. The third-order valence-electron chi connectivity index (χ3n) is 5.04. The molecule has 0 spiro atoms. The summed E-state index contributed by atoms with van der Waals surface area (Å²) in [5.41, 5.74) is 1.01. The van der Waals surface area contributed by atoms with Crippen molar-refractivity contribution in [2.75, 3.05) is 33.3 Å². The predicted octanol–water partition coefficient (Wildman–Crippen LogP) is 1.94. The highest BCUT2D eigenvalue weighted by Crippen LogP contribution is 2.23. The Bertz CT molecular complexity index is 577. The summed E-state index contributed by atoms with van der Waals surface area (Å²) in [6.45, 7) is 8.20. The highest BCUT2D eigenvalue weighted by atomic mass is 16.5. The summed E-state index contributed by atoms with van der Waals surface area (Å²) in [6.07, 6.45) is 2.10. The minimum absolute atomic E-state index is 0.131. The van der Waals surface area contributed by atoms with Gasteiger partial charge >= 0.3 is 0 Å². The number of amides is 1. The van der Waals surface area contributed by atoms with Crippen molar-refractivity contribution in [3.05, 3.63) is 23.9 Å². The Kier molecular flexibility index (Phi) is 5.91. The average molecular weight is 347 g/mol. The van der Waals surface area contributed by atoms with Gasteiger partial charge in [-0.3, -0.25) is 9.69 Å². The molecule has 2 saturated heterocycles. The Morgan fingerprint density at radius 3 is 2.56 bits per heavy atom. The molecule has 0 bridgehead atoms. The van der Waals surface area contributed by atoms with Crippen molar-refractivity contribution in [1.82, 2.24) is 14.8 Å². The summed E-state index contributed by atoms with van der Waals surface area (Å²) >= 11 is 0. The van der Waals surface area contributed by atoms with Crippen LogP contribution in [-0.4, -0.2) is 66.2 Å². The van der Waals surface area contributed by atoms with E-state index in [2.05, 4.69) is 9.88 Å². The first-order valence-electron chi connectivity index (χ1n) is 9.21. The quantitative estimate of drug-likeness (QED) is 0.833. The lowest BCUT2D eigenvalue weighted by molar-refractivity contribution is -0.148. The van der Waals surface area contributed by atoms with E-state index < -0.39 is 0 Å². The van der Waals surface area contributed by atoms with Gasteiger partial charge in [0, 0.05) is 31.6 Å². The van der Waals surface area contributed by atoms with Crippen LogP contribution >= 0.6 is 0 Å². The number of likely N-dealkylation sites (tertiary alicyclic amines) is 1. The molecule has 138 valence electrons. The molecule has 2 fully saturated rings. The minimum Gasteiger partial charge on any atom is -0.481 e. The van der Waals surface area contributed by atoms with Crippen LogP contribution in [0.4, 0.5) is 0 Å². The van der Waals surface area contributed by atoms with Gasteiger partial charge in [0.05, 0.1) is 25.0 Å². The molecular weight excluding hydrogens is 318 g/mol. The van der Waals surface area contributed by atoms with Crippen LogP contribution in [0.1, 0.15) is 32.4 Å². The first kappa shape index (κ1) is 18.1. The Morgan fingerprint density at radius 2 is 1.92 bits per heavy atom. The van der Waals surface area contributed by atoms with Gasteiger partial charge in [0.1, 0.15) is 0 Å². The van der Waals surface area contributed by atoms with Gasteiger partial charge in [-0.15, -0.1) is 0 Å². The highest BCUT2D eigenvalue weighted by molar-refractivity contribution is 5.79. The fourth-order valence-electron chi connectivity index (χ4n) is 3.84. The number of pyridine rings is 1. The Labute approximate surface area is 150 Å². The van der Waals surface area contributed by atoms with Gasteiger partial charge in [-0.1, -0.05) is 6.07 Å². The average Bonchev–Trinajstić information content (AvgIpc) is 2.61.